The number of nitrogens with one attached hydrogen (secondary N) is 1. The highest BCUT2D eigenvalue weighted by molar-refractivity contribution is 6.22. The number of aliphatic hydroxyl groups excluding tert-OH is 1. The Hall–Kier alpha value is -4.91. The van der Waals surface area contributed by atoms with Crippen molar-refractivity contribution in [1.82, 2.24) is 15.1 Å². The van der Waals surface area contributed by atoms with Gasteiger partial charge in [0.15, 0.2) is 6.29 Å². The predicted molar refractivity (Wildman–Crippen MR) is 194 cm³/mol. The summed E-state index contributed by atoms with van der Waals surface area (Å²) in [4.78, 5) is 44.7. The average Bonchev–Trinajstić information content (AvgIpc) is 3.46. The third kappa shape index (κ3) is 8.75. The number of carbonyl (C=O) groups is 3. The van der Waals surface area contributed by atoms with E-state index in [9.17, 15) is 19.5 Å². The Morgan fingerprint density at radius 2 is 1.38 bits per heavy atom. The van der Waals surface area contributed by atoms with Crippen molar-refractivity contribution >= 4 is 23.6 Å². The summed E-state index contributed by atoms with van der Waals surface area (Å²) in [5, 5.41) is 12.1. The molecule has 0 bridgehead atoms. The number of hydrogen-bond acceptors (Lipinski definition) is 9. The molecule has 3 aliphatic rings. The van der Waals surface area contributed by atoms with Gasteiger partial charge in [0, 0.05) is 51.3 Å². The quantitative estimate of drug-likeness (QED) is 0.206. The van der Waals surface area contributed by atoms with Crippen LogP contribution < -0.4 is 10.2 Å². The summed E-state index contributed by atoms with van der Waals surface area (Å²) in [6, 6.07) is 33.6. The van der Waals surface area contributed by atoms with Gasteiger partial charge in [0.2, 0.25) is 5.91 Å². The van der Waals surface area contributed by atoms with Crippen molar-refractivity contribution in [3.63, 3.8) is 0 Å². The molecule has 4 unspecified atom stereocenters. The van der Waals surface area contributed by atoms with Gasteiger partial charge in [-0.3, -0.25) is 19.4 Å². The largest absolute Gasteiger partial charge is 0.445 e. The number of carbonyl (C=O) groups excluding carboxylic acids is 3. The zero-order valence-corrected chi connectivity index (χ0v) is 29.0. The molecule has 11 nitrogen and oxygen atoms in total. The molecule has 0 aromatic heterocycles. The second-order valence-electron chi connectivity index (χ2n) is 13.5. The van der Waals surface area contributed by atoms with E-state index in [2.05, 4.69) is 39.4 Å². The number of rotatable bonds is 11. The Balaban J connectivity index is 0.991. The van der Waals surface area contributed by atoms with E-state index >= 15 is 0 Å². The van der Waals surface area contributed by atoms with Crippen LogP contribution in [0.25, 0.3) is 0 Å². The highest BCUT2D eigenvalue weighted by Crippen LogP contribution is 2.39. The lowest BCUT2D eigenvalue weighted by Gasteiger charge is -2.41. The first-order valence-electron chi connectivity index (χ1n) is 17.8. The van der Waals surface area contributed by atoms with Crippen LogP contribution in [-0.4, -0.2) is 77.7 Å². The van der Waals surface area contributed by atoms with Crippen LogP contribution in [0, 0.1) is 0 Å². The van der Waals surface area contributed by atoms with Gasteiger partial charge in [-0.1, -0.05) is 97.1 Å². The number of aliphatic hydroxyl groups is 1. The number of alkyl carbamates (subject to hydrolysis) is 1. The van der Waals surface area contributed by atoms with Gasteiger partial charge < -0.3 is 24.6 Å². The summed E-state index contributed by atoms with van der Waals surface area (Å²) in [5.41, 5.74) is 5.14. The van der Waals surface area contributed by atoms with E-state index < -0.39 is 30.2 Å². The molecule has 0 spiro atoms. The molecule has 0 saturated carbocycles. The number of anilines is 1. The van der Waals surface area contributed by atoms with Crippen LogP contribution in [0.15, 0.2) is 109 Å². The lowest BCUT2D eigenvalue weighted by Crippen LogP contribution is -2.49. The topological polar surface area (TPSA) is 121 Å². The van der Waals surface area contributed by atoms with E-state index in [1.165, 1.54) is 5.56 Å². The van der Waals surface area contributed by atoms with Crippen molar-refractivity contribution in [2.24, 2.45) is 0 Å². The summed E-state index contributed by atoms with van der Waals surface area (Å²) in [6.07, 6.45) is -1.25. The van der Waals surface area contributed by atoms with E-state index in [1.54, 1.807) is 12.1 Å². The first-order chi connectivity index (χ1) is 25.4. The monoisotopic (exact) mass is 704 g/mol. The molecule has 4 atom stereocenters. The number of piperazine rings is 1. The van der Waals surface area contributed by atoms with Crippen LogP contribution in [0.1, 0.15) is 53.1 Å². The van der Waals surface area contributed by atoms with Crippen molar-refractivity contribution < 1.29 is 33.7 Å². The summed E-state index contributed by atoms with van der Waals surface area (Å²) in [6.45, 7) is 5.59. The van der Waals surface area contributed by atoms with Gasteiger partial charge in [-0.25, -0.2) is 9.69 Å². The van der Waals surface area contributed by atoms with Crippen LogP contribution in [-0.2, 0) is 43.6 Å². The number of amides is 3. The summed E-state index contributed by atoms with van der Waals surface area (Å²) in [7, 11) is 0. The summed E-state index contributed by atoms with van der Waals surface area (Å²) in [5.74, 6) is -0.929. The third-order valence-electron chi connectivity index (χ3n) is 9.87. The van der Waals surface area contributed by atoms with Crippen molar-refractivity contribution in [3.05, 3.63) is 137 Å². The molecule has 4 aromatic rings. The number of benzene rings is 4. The molecule has 270 valence electrons. The molecule has 3 saturated heterocycles. The molecule has 2 N–H and O–H groups in total. The van der Waals surface area contributed by atoms with Crippen LogP contribution in [0.5, 0.6) is 0 Å². The Bertz CT molecular complexity index is 1800. The lowest BCUT2D eigenvalue weighted by atomic mass is 9.99. The molecule has 0 aliphatic carbocycles. The highest BCUT2D eigenvalue weighted by atomic mass is 16.7. The van der Waals surface area contributed by atoms with E-state index in [-0.39, 0.29) is 31.8 Å². The SMILES string of the molecule is O=C(NC1CC(=O)N(c2ccc(C3OC(CN4CCN(Cc5ccccc5)CC4)CC(c4ccc(CO)cc4)O3)cc2)C1=O)OCc1ccccc1. The number of hydrogen-bond donors (Lipinski definition) is 2. The molecule has 11 heteroatoms. The fraction of sp³-hybridized carbons (Fsp3) is 0.341. The van der Waals surface area contributed by atoms with Crippen LogP contribution in [0.4, 0.5) is 10.5 Å². The maximum atomic E-state index is 13.3. The molecule has 0 radical (unpaired) electrons. The van der Waals surface area contributed by atoms with Gasteiger partial charge in [-0.2, -0.15) is 0 Å². The first kappa shape index (κ1) is 35.5. The maximum absolute atomic E-state index is 13.3. The Labute approximate surface area is 303 Å². The van der Waals surface area contributed by atoms with Gasteiger partial charge in [-0.05, 0) is 34.4 Å². The van der Waals surface area contributed by atoms with Crippen molar-refractivity contribution in [2.45, 2.75) is 57.1 Å². The molecule has 3 amide bonds. The molecule has 3 heterocycles. The van der Waals surface area contributed by atoms with Crippen molar-refractivity contribution in [3.8, 4) is 0 Å². The third-order valence-corrected chi connectivity index (χ3v) is 9.87. The van der Waals surface area contributed by atoms with E-state index in [1.807, 2.05) is 72.8 Å². The van der Waals surface area contributed by atoms with Crippen LogP contribution in [0.3, 0.4) is 0 Å². The summed E-state index contributed by atoms with van der Waals surface area (Å²) >= 11 is 0. The minimum Gasteiger partial charge on any atom is -0.445 e. The second kappa shape index (κ2) is 16.6. The standard InChI is InChI=1S/C41H44N4O7/c46-27-30-11-13-32(14-12-30)37-23-35(26-44-21-19-43(20-22-44)25-29-7-3-1-4-8-29)51-40(52-37)33-15-17-34(18-16-33)45-38(47)24-36(39(45)48)42-41(49)50-28-31-9-5-2-6-10-31/h1-18,35-37,40,46H,19-28H2,(H,42,49). The zero-order chi connectivity index (χ0) is 35.9. The number of ether oxygens (including phenoxy) is 3. The number of imide groups is 1. The predicted octanol–water partition coefficient (Wildman–Crippen LogP) is 5.10. The van der Waals surface area contributed by atoms with Gasteiger partial charge in [-0.15, -0.1) is 0 Å². The highest BCUT2D eigenvalue weighted by Gasteiger charge is 2.41. The molecule has 4 aromatic carbocycles. The minimum absolute atomic E-state index is 0.0278. The molecule has 3 fully saturated rings. The van der Waals surface area contributed by atoms with E-state index in [0.717, 1.165) is 66.4 Å². The fourth-order valence-electron chi connectivity index (χ4n) is 7.00. The Morgan fingerprint density at radius 1 is 0.750 bits per heavy atom. The molecule has 7 rings (SSSR count). The van der Waals surface area contributed by atoms with Crippen molar-refractivity contribution in [2.75, 3.05) is 37.6 Å². The summed E-state index contributed by atoms with van der Waals surface area (Å²) < 4.78 is 18.4. The van der Waals surface area contributed by atoms with Gasteiger partial charge >= 0.3 is 6.09 Å². The van der Waals surface area contributed by atoms with Gasteiger partial charge in [0.1, 0.15) is 12.6 Å². The Morgan fingerprint density at radius 3 is 2.06 bits per heavy atom. The minimum atomic E-state index is -1.01. The second-order valence-corrected chi connectivity index (χ2v) is 13.5. The van der Waals surface area contributed by atoms with Crippen LogP contribution >= 0.6 is 0 Å². The Kier molecular flexibility index (Phi) is 11.3. The zero-order valence-electron chi connectivity index (χ0n) is 29.0. The number of nitrogens with zero attached hydrogens (tertiary/aromatic N) is 3. The first-order valence-corrected chi connectivity index (χ1v) is 17.8. The fourth-order valence-corrected chi connectivity index (χ4v) is 7.00. The van der Waals surface area contributed by atoms with Gasteiger partial charge in [0.25, 0.3) is 5.91 Å². The van der Waals surface area contributed by atoms with E-state index in [0.29, 0.717) is 12.1 Å². The van der Waals surface area contributed by atoms with Crippen LogP contribution in [0.2, 0.25) is 0 Å². The van der Waals surface area contributed by atoms with Crippen molar-refractivity contribution in [1.29, 1.82) is 0 Å². The molecular weight excluding hydrogens is 660 g/mol. The molecule has 3 aliphatic heterocycles. The van der Waals surface area contributed by atoms with Gasteiger partial charge in [0.05, 0.1) is 30.9 Å². The smallest absolute Gasteiger partial charge is 0.408 e. The maximum Gasteiger partial charge on any atom is 0.408 e. The lowest BCUT2D eigenvalue weighted by molar-refractivity contribution is -0.253. The van der Waals surface area contributed by atoms with E-state index in [4.69, 9.17) is 14.2 Å². The molecule has 52 heavy (non-hydrogen) atoms. The molecular formula is C41H44N4O7. The normalized spacial score (nSPS) is 22.8. The average molecular weight is 705 g/mol.